The van der Waals surface area contributed by atoms with Crippen molar-refractivity contribution < 1.29 is 14.2 Å². The van der Waals surface area contributed by atoms with E-state index >= 15 is 0 Å². The third-order valence-electron chi connectivity index (χ3n) is 1.45. The summed E-state index contributed by atoms with van der Waals surface area (Å²) in [6, 6.07) is 5.79. The smallest absolute Gasteiger partial charge is 0.126 e. The van der Waals surface area contributed by atoms with E-state index in [0.717, 1.165) is 0 Å². The second kappa shape index (κ2) is 5.09. The summed E-state index contributed by atoms with van der Waals surface area (Å²) in [4.78, 5) is 0. The SMILES string of the molecule is OC(CS)COc1cccc(F)c1. The molecule has 1 rings (SSSR count). The van der Waals surface area contributed by atoms with Crippen LogP contribution in [0, 0.1) is 5.82 Å². The van der Waals surface area contributed by atoms with Crippen LogP contribution in [0.25, 0.3) is 0 Å². The van der Waals surface area contributed by atoms with Crippen LogP contribution in [0.15, 0.2) is 24.3 Å². The van der Waals surface area contributed by atoms with Gasteiger partial charge in [-0.15, -0.1) is 0 Å². The lowest BCUT2D eigenvalue weighted by Crippen LogP contribution is -2.18. The zero-order chi connectivity index (χ0) is 9.68. The Labute approximate surface area is 81.8 Å². The Balaban J connectivity index is 2.45. The minimum atomic E-state index is -0.619. The van der Waals surface area contributed by atoms with Crippen LogP contribution < -0.4 is 4.74 Å². The molecule has 0 bridgehead atoms. The monoisotopic (exact) mass is 202 g/mol. The third-order valence-corrected chi connectivity index (χ3v) is 1.87. The number of hydrogen-bond donors (Lipinski definition) is 2. The second-order valence-electron chi connectivity index (χ2n) is 2.60. The highest BCUT2D eigenvalue weighted by molar-refractivity contribution is 7.80. The summed E-state index contributed by atoms with van der Waals surface area (Å²) in [6.45, 7) is 0.132. The number of hydrogen-bond acceptors (Lipinski definition) is 3. The van der Waals surface area contributed by atoms with E-state index in [9.17, 15) is 4.39 Å². The molecule has 13 heavy (non-hydrogen) atoms. The molecular weight excluding hydrogens is 191 g/mol. The average molecular weight is 202 g/mol. The highest BCUT2D eigenvalue weighted by Crippen LogP contribution is 2.11. The van der Waals surface area contributed by atoms with Crippen LogP contribution in [0.3, 0.4) is 0 Å². The summed E-state index contributed by atoms with van der Waals surface area (Å²) in [6.07, 6.45) is -0.619. The third kappa shape index (κ3) is 3.65. The molecule has 0 radical (unpaired) electrons. The molecule has 1 aromatic rings. The fourth-order valence-corrected chi connectivity index (χ4v) is 0.907. The zero-order valence-electron chi connectivity index (χ0n) is 6.98. The predicted molar refractivity (Wildman–Crippen MR) is 51.8 cm³/mol. The lowest BCUT2D eigenvalue weighted by Gasteiger charge is -2.09. The molecule has 0 fully saturated rings. The van der Waals surface area contributed by atoms with E-state index in [1.165, 1.54) is 12.1 Å². The summed E-state index contributed by atoms with van der Waals surface area (Å²) >= 11 is 3.88. The van der Waals surface area contributed by atoms with Crippen LogP contribution in [-0.4, -0.2) is 23.6 Å². The van der Waals surface area contributed by atoms with Gasteiger partial charge in [0.05, 0.1) is 6.10 Å². The summed E-state index contributed by atoms with van der Waals surface area (Å²) in [7, 11) is 0. The van der Waals surface area contributed by atoms with E-state index in [-0.39, 0.29) is 12.4 Å². The van der Waals surface area contributed by atoms with Crippen LogP contribution in [0.1, 0.15) is 0 Å². The van der Waals surface area contributed by atoms with E-state index in [1.54, 1.807) is 12.1 Å². The van der Waals surface area contributed by atoms with E-state index in [0.29, 0.717) is 11.5 Å². The molecular formula is C9H11FO2S. The highest BCUT2D eigenvalue weighted by atomic mass is 32.1. The molecule has 0 saturated heterocycles. The Morgan fingerprint density at radius 1 is 1.54 bits per heavy atom. The van der Waals surface area contributed by atoms with Crippen molar-refractivity contribution in [2.24, 2.45) is 0 Å². The van der Waals surface area contributed by atoms with Crippen molar-refractivity contribution in [3.8, 4) is 5.75 Å². The van der Waals surface area contributed by atoms with Gasteiger partial charge in [0.2, 0.25) is 0 Å². The van der Waals surface area contributed by atoms with E-state index in [2.05, 4.69) is 12.6 Å². The second-order valence-corrected chi connectivity index (χ2v) is 2.97. The molecule has 1 unspecified atom stereocenters. The van der Waals surface area contributed by atoms with Gasteiger partial charge in [-0.1, -0.05) is 6.07 Å². The molecule has 1 aromatic carbocycles. The molecule has 0 heterocycles. The lowest BCUT2D eigenvalue weighted by molar-refractivity contribution is 0.126. The maximum Gasteiger partial charge on any atom is 0.126 e. The van der Waals surface area contributed by atoms with E-state index in [1.807, 2.05) is 0 Å². The van der Waals surface area contributed by atoms with Crippen LogP contribution >= 0.6 is 12.6 Å². The molecule has 1 N–H and O–H groups in total. The number of halogens is 1. The molecule has 2 nitrogen and oxygen atoms in total. The number of aliphatic hydroxyl groups excluding tert-OH is 1. The molecule has 0 aliphatic heterocycles. The quantitative estimate of drug-likeness (QED) is 0.724. The fraction of sp³-hybridized carbons (Fsp3) is 0.333. The first-order valence-corrected chi connectivity index (χ1v) is 4.53. The molecule has 0 spiro atoms. The number of ether oxygens (including phenoxy) is 1. The van der Waals surface area contributed by atoms with Crippen molar-refractivity contribution in [2.45, 2.75) is 6.10 Å². The van der Waals surface area contributed by atoms with Crippen molar-refractivity contribution in [3.63, 3.8) is 0 Å². The average Bonchev–Trinajstić information content (AvgIpc) is 2.14. The van der Waals surface area contributed by atoms with Gasteiger partial charge in [-0.25, -0.2) is 4.39 Å². The van der Waals surface area contributed by atoms with Crippen molar-refractivity contribution >= 4 is 12.6 Å². The first kappa shape index (κ1) is 10.3. The van der Waals surface area contributed by atoms with Crippen LogP contribution in [0.4, 0.5) is 4.39 Å². The molecule has 0 aliphatic carbocycles. The van der Waals surface area contributed by atoms with Gasteiger partial charge >= 0.3 is 0 Å². The van der Waals surface area contributed by atoms with Gasteiger partial charge in [0.1, 0.15) is 18.2 Å². The van der Waals surface area contributed by atoms with Crippen molar-refractivity contribution in [1.82, 2.24) is 0 Å². The van der Waals surface area contributed by atoms with Crippen LogP contribution in [0.2, 0.25) is 0 Å². The van der Waals surface area contributed by atoms with Crippen molar-refractivity contribution in [2.75, 3.05) is 12.4 Å². The van der Waals surface area contributed by atoms with E-state index in [4.69, 9.17) is 9.84 Å². The first-order valence-electron chi connectivity index (χ1n) is 3.89. The minimum Gasteiger partial charge on any atom is -0.491 e. The van der Waals surface area contributed by atoms with Gasteiger partial charge < -0.3 is 9.84 Å². The molecule has 0 amide bonds. The molecule has 0 aromatic heterocycles. The highest BCUT2D eigenvalue weighted by Gasteiger charge is 2.02. The Kier molecular flexibility index (Phi) is 4.05. The van der Waals surface area contributed by atoms with Gasteiger partial charge in [0, 0.05) is 11.8 Å². The topological polar surface area (TPSA) is 29.5 Å². The van der Waals surface area contributed by atoms with Crippen LogP contribution in [-0.2, 0) is 0 Å². The molecule has 4 heteroatoms. The Hall–Kier alpha value is -0.740. The molecule has 0 saturated carbocycles. The minimum absolute atomic E-state index is 0.132. The van der Waals surface area contributed by atoms with Gasteiger partial charge in [0.15, 0.2) is 0 Å². The van der Waals surface area contributed by atoms with Crippen molar-refractivity contribution in [1.29, 1.82) is 0 Å². The summed E-state index contributed by atoms with van der Waals surface area (Å²) < 4.78 is 17.7. The van der Waals surface area contributed by atoms with Gasteiger partial charge in [0.25, 0.3) is 0 Å². The number of aliphatic hydroxyl groups is 1. The summed E-state index contributed by atoms with van der Waals surface area (Å²) in [5.74, 6) is 0.397. The van der Waals surface area contributed by atoms with Crippen LogP contribution in [0.5, 0.6) is 5.75 Å². The zero-order valence-corrected chi connectivity index (χ0v) is 7.88. The lowest BCUT2D eigenvalue weighted by atomic mass is 10.3. The Morgan fingerprint density at radius 2 is 2.31 bits per heavy atom. The summed E-state index contributed by atoms with van der Waals surface area (Å²) in [5, 5.41) is 9.09. The maximum atomic E-state index is 12.6. The van der Waals surface area contributed by atoms with Crippen molar-refractivity contribution in [3.05, 3.63) is 30.1 Å². The Morgan fingerprint density at radius 3 is 2.92 bits per heavy atom. The molecule has 0 aliphatic rings. The van der Waals surface area contributed by atoms with Gasteiger partial charge in [-0.2, -0.15) is 12.6 Å². The fourth-order valence-electron chi connectivity index (χ4n) is 0.802. The number of thiol groups is 1. The standard InChI is InChI=1S/C9H11FO2S/c10-7-2-1-3-9(4-7)12-5-8(11)6-13/h1-4,8,11,13H,5-6H2. The first-order chi connectivity index (χ1) is 6.22. The Bertz CT molecular complexity index is 268. The maximum absolute atomic E-state index is 12.6. The largest absolute Gasteiger partial charge is 0.491 e. The summed E-state index contributed by atoms with van der Waals surface area (Å²) in [5.41, 5.74) is 0. The predicted octanol–water partition coefficient (Wildman–Crippen LogP) is 1.50. The number of rotatable bonds is 4. The number of benzene rings is 1. The molecule has 1 atom stereocenters. The normalized spacial score (nSPS) is 12.5. The van der Waals surface area contributed by atoms with Gasteiger partial charge in [-0.05, 0) is 12.1 Å². The molecule has 72 valence electrons. The van der Waals surface area contributed by atoms with Gasteiger partial charge in [-0.3, -0.25) is 0 Å². The van der Waals surface area contributed by atoms with E-state index < -0.39 is 6.10 Å².